The number of allylic oxidation sites excluding steroid dienone is 1. The summed E-state index contributed by atoms with van der Waals surface area (Å²) in [4.78, 5) is 11.7. The largest absolute Gasteiger partial charge is 0.399 e. The average molecular weight is 244 g/mol. The lowest BCUT2D eigenvalue weighted by molar-refractivity contribution is -0.120. The molecular weight excluding hydrogens is 224 g/mol. The van der Waals surface area contributed by atoms with Crippen molar-refractivity contribution in [1.82, 2.24) is 5.32 Å². The summed E-state index contributed by atoms with van der Waals surface area (Å²) in [7, 11) is 0. The number of amides is 1. The molecule has 0 aliphatic heterocycles. The second-order valence-electron chi connectivity index (χ2n) is 4.78. The van der Waals surface area contributed by atoms with E-state index in [1.165, 1.54) is 24.8 Å². The van der Waals surface area contributed by atoms with E-state index in [9.17, 15) is 4.79 Å². The van der Waals surface area contributed by atoms with Gasteiger partial charge in [0.15, 0.2) is 0 Å². The number of anilines is 1. The third-order valence-corrected chi connectivity index (χ3v) is 3.22. The molecule has 0 saturated heterocycles. The number of nitrogens with one attached hydrogen (secondary N) is 1. The first-order chi connectivity index (χ1) is 8.74. The Kier molecular flexibility index (Phi) is 4.40. The van der Waals surface area contributed by atoms with Gasteiger partial charge in [-0.3, -0.25) is 4.79 Å². The Bertz CT molecular complexity index is 452. The molecule has 0 spiro atoms. The highest BCUT2D eigenvalue weighted by Crippen LogP contribution is 2.19. The van der Waals surface area contributed by atoms with Crippen LogP contribution in [0.25, 0.3) is 0 Å². The molecule has 3 heteroatoms. The number of rotatable bonds is 5. The van der Waals surface area contributed by atoms with E-state index in [4.69, 9.17) is 5.73 Å². The number of nitrogens with two attached hydrogens (primary N) is 1. The molecule has 0 saturated carbocycles. The van der Waals surface area contributed by atoms with Gasteiger partial charge in [0.2, 0.25) is 5.91 Å². The highest BCUT2D eigenvalue weighted by Gasteiger charge is 2.06. The van der Waals surface area contributed by atoms with Gasteiger partial charge in [-0.2, -0.15) is 0 Å². The van der Waals surface area contributed by atoms with E-state index in [1.807, 2.05) is 24.3 Å². The molecular formula is C15H20N2O. The molecule has 0 radical (unpaired) electrons. The first-order valence-electron chi connectivity index (χ1n) is 6.53. The summed E-state index contributed by atoms with van der Waals surface area (Å²) in [6.07, 6.45) is 7.36. The van der Waals surface area contributed by atoms with Crippen LogP contribution in [-0.4, -0.2) is 12.5 Å². The quantitative estimate of drug-likeness (QED) is 0.617. The smallest absolute Gasteiger partial charge is 0.224 e. The van der Waals surface area contributed by atoms with Gasteiger partial charge in [0.1, 0.15) is 0 Å². The summed E-state index contributed by atoms with van der Waals surface area (Å²) >= 11 is 0. The van der Waals surface area contributed by atoms with Gasteiger partial charge in [-0.05, 0) is 43.4 Å². The number of hydrogen-bond acceptors (Lipinski definition) is 2. The molecule has 2 rings (SSSR count). The summed E-state index contributed by atoms with van der Waals surface area (Å²) in [6.45, 7) is 0.743. The van der Waals surface area contributed by atoms with Crippen molar-refractivity contribution in [2.75, 3.05) is 12.3 Å². The second-order valence-corrected chi connectivity index (χ2v) is 4.78. The van der Waals surface area contributed by atoms with E-state index in [0.717, 1.165) is 18.5 Å². The maximum absolute atomic E-state index is 11.7. The van der Waals surface area contributed by atoms with Gasteiger partial charge in [-0.1, -0.05) is 23.8 Å². The fraction of sp³-hybridized carbons (Fsp3) is 0.400. The van der Waals surface area contributed by atoms with Crippen LogP contribution in [0.5, 0.6) is 0 Å². The van der Waals surface area contributed by atoms with Gasteiger partial charge in [-0.25, -0.2) is 0 Å². The van der Waals surface area contributed by atoms with Crippen LogP contribution in [0.1, 0.15) is 31.2 Å². The van der Waals surface area contributed by atoms with Crippen LogP contribution in [0.3, 0.4) is 0 Å². The van der Waals surface area contributed by atoms with Crippen LogP contribution in [0.4, 0.5) is 5.69 Å². The van der Waals surface area contributed by atoms with Crippen LogP contribution in [0.15, 0.2) is 35.9 Å². The monoisotopic (exact) mass is 244 g/mol. The lowest BCUT2D eigenvalue weighted by Gasteiger charge is -2.06. The summed E-state index contributed by atoms with van der Waals surface area (Å²) in [6, 6.07) is 7.48. The molecule has 1 aromatic rings. The molecule has 0 heterocycles. The molecule has 3 nitrogen and oxygen atoms in total. The topological polar surface area (TPSA) is 55.1 Å². The van der Waals surface area contributed by atoms with Gasteiger partial charge in [0, 0.05) is 12.2 Å². The fourth-order valence-corrected chi connectivity index (χ4v) is 2.28. The zero-order valence-corrected chi connectivity index (χ0v) is 10.6. The second kappa shape index (κ2) is 6.24. The van der Waals surface area contributed by atoms with Gasteiger partial charge in [0.05, 0.1) is 6.42 Å². The minimum atomic E-state index is 0.0687. The molecule has 0 unspecified atom stereocenters. The zero-order chi connectivity index (χ0) is 12.8. The van der Waals surface area contributed by atoms with E-state index in [2.05, 4.69) is 11.4 Å². The van der Waals surface area contributed by atoms with Crippen molar-refractivity contribution in [2.45, 2.75) is 32.1 Å². The molecule has 1 amide bonds. The Morgan fingerprint density at radius 2 is 2.28 bits per heavy atom. The Labute approximate surface area is 108 Å². The molecule has 0 aromatic heterocycles. The van der Waals surface area contributed by atoms with E-state index < -0.39 is 0 Å². The van der Waals surface area contributed by atoms with E-state index in [0.29, 0.717) is 12.1 Å². The number of carbonyl (C=O) groups excluding carboxylic acids is 1. The molecule has 1 aliphatic rings. The summed E-state index contributed by atoms with van der Waals surface area (Å²) < 4.78 is 0. The molecule has 0 atom stereocenters. The fourth-order valence-electron chi connectivity index (χ4n) is 2.28. The normalized spacial score (nSPS) is 14.3. The summed E-state index contributed by atoms with van der Waals surface area (Å²) in [5.41, 5.74) is 8.83. The highest BCUT2D eigenvalue weighted by atomic mass is 16.1. The number of nitrogen functional groups attached to an aromatic ring is 1. The molecule has 0 fully saturated rings. The molecule has 1 aliphatic carbocycles. The summed E-state index contributed by atoms with van der Waals surface area (Å²) in [5.74, 6) is 0.0687. The van der Waals surface area contributed by atoms with Crippen LogP contribution in [-0.2, 0) is 11.2 Å². The van der Waals surface area contributed by atoms with Crippen molar-refractivity contribution < 1.29 is 4.79 Å². The van der Waals surface area contributed by atoms with Crippen LogP contribution < -0.4 is 11.1 Å². The summed E-state index contributed by atoms with van der Waals surface area (Å²) in [5, 5.41) is 2.96. The van der Waals surface area contributed by atoms with Crippen molar-refractivity contribution >= 4 is 11.6 Å². The number of hydrogen-bond donors (Lipinski definition) is 2. The van der Waals surface area contributed by atoms with E-state index in [-0.39, 0.29) is 5.91 Å². The lowest BCUT2D eigenvalue weighted by Crippen LogP contribution is -2.26. The maximum atomic E-state index is 11.7. The molecule has 96 valence electrons. The van der Waals surface area contributed by atoms with E-state index in [1.54, 1.807) is 0 Å². The van der Waals surface area contributed by atoms with Gasteiger partial charge < -0.3 is 11.1 Å². The number of carbonyl (C=O) groups is 1. The SMILES string of the molecule is Nc1cccc(CC(=O)NCCC2=CCCC2)c1. The van der Waals surface area contributed by atoms with Gasteiger partial charge in [0.25, 0.3) is 0 Å². The van der Waals surface area contributed by atoms with Gasteiger partial charge >= 0.3 is 0 Å². The van der Waals surface area contributed by atoms with Crippen molar-refractivity contribution in [2.24, 2.45) is 0 Å². The Hall–Kier alpha value is -1.77. The first kappa shape index (κ1) is 12.7. The van der Waals surface area contributed by atoms with Crippen molar-refractivity contribution in [3.63, 3.8) is 0 Å². The molecule has 0 bridgehead atoms. The van der Waals surface area contributed by atoms with Crippen molar-refractivity contribution in [1.29, 1.82) is 0 Å². The van der Waals surface area contributed by atoms with Crippen LogP contribution >= 0.6 is 0 Å². The molecule has 3 N–H and O–H groups in total. The minimum Gasteiger partial charge on any atom is -0.399 e. The average Bonchev–Trinajstić information content (AvgIpc) is 2.82. The Morgan fingerprint density at radius 3 is 3.00 bits per heavy atom. The minimum absolute atomic E-state index is 0.0687. The lowest BCUT2D eigenvalue weighted by atomic mass is 10.1. The van der Waals surface area contributed by atoms with E-state index >= 15 is 0 Å². The van der Waals surface area contributed by atoms with Gasteiger partial charge in [-0.15, -0.1) is 0 Å². The third kappa shape index (κ3) is 3.91. The first-order valence-corrected chi connectivity index (χ1v) is 6.53. The van der Waals surface area contributed by atoms with Crippen molar-refractivity contribution in [3.8, 4) is 0 Å². The van der Waals surface area contributed by atoms with Crippen LogP contribution in [0, 0.1) is 0 Å². The van der Waals surface area contributed by atoms with Crippen molar-refractivity contribution in [3.05, 3.63) is 41.5 Å². The zero-order valence-electron chi connectivity index (χ0n) is 10.6. The Balaban J connectivity index is 1.71. The maximum Gasteiger partial charge on any atom is 0.224 e. The predicted molar refractivity (Wildman–Crippen MR) is 74.1 cm³/mol. The molecule has 18 heavy (non-hydrogen) atoms. The molecule has 1 aromatic carbocycles. The van der Waals surface area contributed by atoms with Crippen LogP contribution in [0.2, 0.25) is 0 Å². The highest BCUT2D eigenvalue weighted by molar-refractivity contribution is 5.78. The standard InChI is InChI=1S/C15H20N2O/c16-14-7-3-6-13(10-14)11-15(18)17-9-8-12-4-1-2-5-12/h3-4,6-7,10H,1-2,5,8-9,11,16H2,(H,17,18). The predicted octanol–water partition coefficient (Wildman–Crippen LogP) is 2.43. The Morgan fingerprint density at radius 1 is 1.39 bits per heavy atom. The number of benzene rings is 1. The third-order valence-electron chi connectivity index (χ3n) is 3.22.